The summed E-state index contributed by atoms with van der Waals surface area (Å²) >= 11 is 0. The average molecular weight is 212 g/mol. The van der Waals surface area contributed by atoms with E-state index in [9.17, 15) is 4.79 Å². The summed E-state index contributed by atoms with van der Waals surface area (Å²) in [5.74, 6) is 0.0832. The highest BCUT2D eigenvalue weighted by Gasteiger charge is 2.28. The van der Waals surface area contributed by atoms with Crippen molar-refractivity contribution in [2.45, 2.75) is 58.5 Å². The number of nitrogens with one attached hydrogen (secondary N) is 2. The summed E-state index contributed by atoms with van der Waals surface area (Å²) in [6, 6.07) is 0.450. The number of amides is 1. The zero-order chi connectivity index (χ0) is 11.5. The van der Waals surface area contributed by atoms with Crippen LogP contribution in [0.15, 0.2) is 0 Å². The van der Waals surface area contributed by atoms with Gasteiger partial charge in [-0.25, -0.2) is 0 Å². The molecule has 0 aliphatic heterocycles. The second kappa shape index (κ2) is 4.97. The van der Waals surface area contributed by atoms with Gasteiger partial charge in [0, 0.05) is 13.1 Å². The van der Waals surface area contributed by atoms with Gasteiger partial charge in [0.2, 0.25) is 5.91 Å². The second-order valence-electron chi connectivity index (χ2n) is 5.44. The molecule has 1 aliphatic rings. The third kappa shape index (κ3) is 3.82. The molecule has 3 heteroatoms. The van der Waals surface area contributed by atoms with Crippen molar-refractivity contribution in [2.75, 3.05) is 7.05 Å². The van der Waals surface area contributed by atoms with Gasteiger partial charge in [-0.2, -0.15) is 0 Å². The molecule has 0 radical (unpaired) electrons. The molecule has 1 saturated carbocycles. The van der Waals surface area contributed by atoms with Crippen LogP contribution in [0.2, 0.25) is 0 Å². The molecule has 0 aromatic heterocycles. The Morgan fingerprint density at radius 2 is 1.87 bits per heavy atom. The lowest BCUT2D eigenvalue weighted by molar-refractivity contribution is -0.122. The largest absolute Gasteiger partial charge is 0.358 e. The molecule has 0 aromatic carbocycles. The Balaban J connectivity index is 2.32. The predicted molar refractivity (Wildman–Crippen MR) is 62.7 cm³/mol. The minimum Gasteiger partial charge on any atom is -0.358 e. The van der Waals surface area contributed by atoms with Crippen LogP contribution in [0.25, 0.3) is 0 Å². The fraction of sp³-hybridized carbons (Fsp3) is 0.917. The normalized spacial score (nSPS) is 23.5. The maximum absolute atomic E-state index is 11.3. The van der Waals surface area contributed by atoms with Gasteiger partial charge in [0.15, 0.2) is 0 Å². The molecule has 1 atom stereocenters. The fourth-order valence-corrected chi connectivity index (χ4v) is 2.21. The van der Waals surface area contributed by atoms with Crippen LogP contribution in [0, 0.1) is 5.41 Å². The van der Waals surface area contributed by atoms with Crippen LogP contribution in [-0.4, -0.2) is 25.0 Å². The highest BCUT2D eigenvalue weighted by atomic mass is 16.2. The lowest BCUT2D eigenvalue weighted by atomic mass is 9.75. The van der Waals surface area contributed by atoms with E-state index >= 15 is 0 Å². The van der Waals surface area contributed by atoms with Gasteiger partial charge in [-0.05, 0) is 38.0 Å². The molecule has 1 amide bonds. The zero-order valence-electron chi connectivity index (χ0n) is 10.4. The van der Waals surface area contributed by atoms with Crippen molar-refractivity contribution < 1.29 is 4.79 Å². The highest BCUT2D eigenvalue weighted by molar-refractivity contribution is 5.80. The average Bonchev–Trinajstić information content (AvgIpc) is 2.20. The van der Waals surface area contributed by atoms with Crippen molar-refractivity contribution in [2.24, 2.45) is 5.41 Å². The predicted octanol–water partition coefficient (Wildman–Crippen LogP) is 1.68. The number of carbonyl (C=O) groups is 1. The maximum atomic E-state index is 11.3. The van der Waals surface area contributed by atoms with E-state index < -0.39 is 0 Å². The number of carbonyl (C=O) groups excluding carboxylic acids is 1. The summed E-state index contributed by atoms with van der Waals surface area (Å²) in [7, 11) is 1.69. The van der Waals surface area contributed by atoms with Crippen molar-refractivity contribution in [3.8, 4) is 0 Å². The van der Waals surface area contributed by atoms with Crippen LogP contribution >= 0.6 is 0 Å². The minimum atomic E-state index is -0.0683. The van der Waals surface area contributed by atoms with E-state index in [0.29, 0.717) is 11.5 Å². The standard InChI is InChI=1S/C12H24N2O/c1-9(11(15)13-4)14-10-5-7-12(2,3)8-6-10/h9-10,14H,5-8H2,1-4H3,(H,13,15). The number of likely N-dealkylation sites (N-methyl/N-ethyl adjacent to an activating group) is 1. The summed E-state index contributed by atoms with van der Waals surface area (Å²) in [6.07, 6.45) is 4.89. The molecular formula is C12H24N2O. The van der Waals surface area contributed by atoms with Gasteiger partial charge >= 0.3 is 0 Å². The third-order valence-electron chi connectivity index (χ3n) is 3.46. The zero-order valence-corrected chi connectivity index (χ0v) is 10.4. The molecule has 88 valence electrons. The number of rotatable bonds is 3. The van der Waals surface area contributed by atoms with Gasteiger partial charge in [-0.3, -0.25) is 4.79 Å². The summed E-state index contributed by atoms with van der Waals surface area (Å²) in [4.78, 5) is 11.3. The van der Waals surface area contributed by atoms with E-state index in [1.807, 2.05) is 6.92 Å². The van der Waals surface area contributed by atoms with Gasteiger partial charge in [-0.1, -0.05) is 13.8 Å². The first kappa shape index (κ1) is 12.5. The monoisotopic (exact) mass is 212 g/mol. The van der Waals surface area contributed by atoms with Crippen LogP contribution in [0.3, 0.4) is 0 Å². The van der Waals surface area contributed by atoms with Crippen LogP contribution in [0.1, 0.15) is 46.5 Å². The van der Waals surface area contributed by atoms with Gasteiger partial charge < -0.3 is 10.6 Å². The minimum absolute atomic E-state index is 0.0683. The van der Waals surface area contributed by atoms with Gasteiger partial charge in [0.25, 0.3) is 0 Å². The highest BCUT2D eigenvalue weighted by Crippen LogP contribution is 2.35. The van der Waals surface area contributed by atoms with E-state index in [1.54, 1.807) is 7.05 Å². The van der Waals surface area contributed by atoms with Crippen LogP contribution in [-0.2, 0) is 4.79 Å². The van der Waals surface area contributed by atoms with E-state index in [1.165, 1.54) is 25.7 Å². The Morgan fingerprint density at radius 3 is 2.33 bits per heavy atom. The topological polar surface area (TPSA) is 41.1 Å². The molecule has 0 heterocycles. The molecule has 0 aromatic rings. The van der Waals surface area contributed by atoms with Crippen LogP contribution in [0.4, 0.5) is 0 Å². The summed E-state index contributed by atoms with van der Waals surface area (Å²) in [6.45, 7) is 6.58. The van der Waals surface area contributed by atoms with Crippen molar-refractivity contribution in [1.82, 2.24) is 10.6 Å². The number of hydrogen-bond donors (Lipinski definition) is 2. The summed E-state index contributed by atoms with van der Waals surface area (Å²) in [5, 5.41) is 6.06. The van der Waals surface area contributed by atoms with E-state index in [2.05, 4.69) is 24.5 Å². The van der Waals surface area contributed by atoms with Gasteiger partial charge in [0.1, 0.15) is 0 Å². The summed E-state index contributed by atoms with van der Waals surface area (Å²) < 4.78 is 0. The molecule has 3 nitrogen and oxygen atoms in total. The molecule has 1 unspecified atom stereocenters. The van der Waals surface area contributed by atoms with Crippen LogP contribution < -0.4 is 10.6 Å². The van der Waals surface area contributed by atoms with Crippen molar-refractivity contribution in [3.05, 3.63) is 0 Å². The van der Waals surface area contributed by atoms with Crippen LogP contribution in [0.5, 0.6) is 0 Å². The van der Waals surface area contributed by atoms with Crippen molar-refractivity contribution >= 4 is 5.91 Å². The molecule has 0 saturated heterocycles. The SMILES string of the molecule is CNC(=O)C(C)NC1CCC(C)(C)CC1. The number of hydrogen-bond acceptors (Lipinski definition) is 2. The fourth-order valence-electron chi connectivity index (χ4n) is 2.21. The Hall–Kier alpha value is -0.570. The van der Waals surface area contributed by atoms with E-state index in [4.69, 9.17) is 0 Å². The third-order valence-corrected chi connectivity index (χ3v) is 3.46. The molecule has 1 aliphatic carbocycles. The maximum Gasteiger partial charge on any atom is 0.236 e. The first-order valence-electron chi connectivity index (χ1n) is 5.92. The smallest absolute Gasteiger partial charge is 0.236 e. The van der Waals surface area contributed by atoms with E-state index in [0.717, 1.165) is 0 Å². The molecule has 0 bridgehead atoms. The Morgan fingerprint density at radius 1 is 1.33 bits per heavy atom. The first-order valence-corrected chi connectivity index (χ1v) is 5.92. The Kier molecular flexibility index (Phi) is 4.14. The van der Waals surface area contributed by atoms with Gasteiger partial charge in [-0.15, -0.1) is 0 Å². The molecular weight excluding hydrogens is 188 g/mol. The second-order valence-corrected chi connectivity index (χ2v) is 5.44. The quantitative estimate of drug-likeness (QED) is 0.747. The molecule has 15 heavy (non-hydrogen) atoms. The molecule has 2 N–H and O–H groups in total. The van der Waals surface area contributed by atoms with Crippen molar-refractivity contribution in [1.29, 1.82) is 0 Å². The lowest BCUT2D eigenvalue weighted by Gasteiger charge is -2.35. The molecule has 1 rings (SSSR count). The lowest BCUT2D eigenvalue weighted by Crippen LogP contribution is -2.47. The van der Waals surface area contributed by atoms with Gasteiger partial charge in [0.05, 0.1) is 6.04 Å². The Labute approximate surface area is 93.0 Å². The summed E-state index contributed by atoms with van der Waals surface area (Å²) in [5.41, 5.74) is 0.494. The Bertz CT molecular complexity index is 216. The first-order chi connectivity index (χ1) is 6.94. The molecule has 1 fully saturated rings. The molecule has 0 spiro atoms. The van der Waals surface area contributed by atoms with Crippen molar-refractivity contribution in [3.63, 3.8) is 0 Å². The van der Waals surface area contributed by atoms with E-state index in [-0.39, 0.29) is 11.9 Å².